The lowest BCUT2D eigenvalue weighted by molar-refractivity contribution is 0.264. The first-order valence-corrected chi connectivity index (χ1v) is 5.02. The van der Waals surface area contributed by atoms with E-state index in [1.165, 1.54) is 0 Å². The summed E-state index contributed by atoms with van der Waals surface area (Å²) in [7, 11) is 0. The number of oxime groups is 1. The van der Waals surface area contributed by atoms with Gasteiger partial charge in [0.15, 0.2) is 11.9 Å². The summed E-state index contributed by atoms with van der Waals surface area (Å²) >= 11 is 0. The Morgan fingerprint density at radius 1 is 1.62 bits per heavy atom. The molecule has 1 atom stereocenters. The molecule has 0 spiro atoms. The molecule has 1 aromatic carbocycles. The monoisotopic (exact) mass is 220 g/mol. The minimum atomic E-state index is -0.462. The van der Waals surface area contributed by atoms with Gasteiger partial charge in [-0.3, -0.25) is 0 Å². The third kappa shape index (κ3) is 3.02. The molecule has 0 saturated heterocycles. The van der Waals surface area contributed by atoms with Gasteiger partial charge in [-0.05, 0) is 25.0 Å². The third-order valence-corrected chi connectivity index (χ3v) is 2.17. The first-order valence-electron chi connectivity index (χ1n) is 5.02. The maximum atomic E-state index is 8.52. The first kappa shape index (κ1) is 12.1. The highest BCUT2D eigenvalue weighted by Crippen LogP contribution is 2.20. The summed E-state index contributed by atoms with van der Waals surface area (Å²) in [6, 6.07) is 7.61. The number of amidine groups is 1. The molecule has 4 heteroatoms. The zero-order valence-electron chi connectivity index (χ0n) is 9.26. The van der Waals surface area contributed by atoms with Crippen molar-refractivity contribution in [2.75, 3.05) is 0 Å². The Bertz CT molecular complexity index is 388. The Hall–Kier alpha value is -1.97. The fraction of sp³-hybridized carbons (Fsp3) is 0.250. The molecule has 86 valence electrons. The number of hydrogen-bond donors (Lipinski definition) is 2. The molecular formula is C12H16N2O2. The van der Waals surface area contributed by atoms with Crippen molar-refractivity contribution in [3.8, 4) is 5.75 Å². The fourth-order valence-electron chi connectivity index (χ4n) is 1.28. The van der Waals surface area contributed by atoms with Crippen LogP contribution >= 0.6 is 0 Å². The fourth-order valence-corrected chi connectivity index (χ4v) is 1.28. The van der Waals surface area contributed by atoms with Gasteiger partial charge in [-0.1, -0.05) is 29.4 Å². The van der Waals surface area contributed by atoms with E-state index in [2.05, 4.69) is 11.7 Å². The van der Waals surface area contributed by atoms with E-state index in [9.17, 15) is 0 Å². The lowest BCUT2D eigenvalue weighted by Crippen LogP contribution is -2.31. The second-order valence-electron chi connectivity index (χ2n) is 3.39. The summed E-state index contributed by atoms with van der Waals surface area (Å²) in [6.07, 6.45) is 2.06. The second-order valence-corrected chi connectivity index (χ2v) is 3.39. The molecule has 0 radical (unpaired) electrons. The molecule has 0 aliphatic heterocycles. The van der Waals surface area contributed by atoms with Crippen LogP contribution < -0.4 is 10.5 Å². The Morgan fingerprint density at radius 2 is 2.31 bits per heavy atom. The minimum Gasteiger partial charge on any atom is -0.482 e. The standard InChI is InChI=1S/C12H16N2O2/c1-3-6-10-7-4-5-8-11(10)16-9(2)12(13)14-15/h3-5,7-9,15H,1,6H2,2H3,(H2,13,14). The lowest BCUT2D eigenvalue weighted by Gasteiger charge is -2.15. The first-order chi connectivity index (χ1) is 7.69. The van der Waals surface area contributed by atoms with E-state index in [1.54, 1.807) is 13.0 Å². The zero-order chi connectivity index (χ0) is 12.0. The van der Waals surface area contributed by atoms with Crippen LogP contribution in [0.4, 0.5) is 0 Å². The lowest BCUT2D eigenvalue weighted by atomic mass is 10.1. The van der Waals surface area contributed by atoms with Gasteiger partial charge in [0.1, 0.15) is 5.75 Å². The number of rotatable bonds is 5. The molecule has 1 aromatic rings. The summed E-state index contributed by atoms with van der Waals surface area (Å²) in [5.74, 6) is 0.773. The van der Waals surface area contributed by atoms with Gasteiger partial charge < -0.3 is 15.7 Å². The topological polar surface area (TPSA) is 67.8 Å². The molecule has 0 bridgehead atoms. The highest BCUT2D eigenvalue weighted by molar-refractivity contribution is 5.84. The van der Waals surface area contributed by atoms with Crippen molar-refractivity contribution in [2.24, 2.45) is 10.9 Å². The normalized spacial score (nSPS) is 13.2. The van der Waals surface area contributed by atoms with Gasteiger partial charge in [0.05, 0.1) is 0 Å². The molecule has 1 unspecified atom stereocenters. The molecule has 0 aliphatic carbocycles. The van der Waals surface area contributed by atoms with E-state index < -0.39 is 6.10 Å². The Kier molecular flexibility index (Phi) is 4.39. The summed E-state index contributed by atoms with van der Waals surface area (Å²) < 4.78 is 5.59. The predicted molar refractivity (Wildman–Crippen MR) is 63.8 cm³/mol. The summed E-state index contributed by atoms with van der Waals surface area (Å²) in [5, 5.41) is 11.4. The van der Waals surface area contributed by atoms with Crippen LogP contribution in [0.5, 0.6) is 5.75 Å². The van der Waals surface area contributed by atoms with Crippen molar-refractivity contribution in [1.82, 2.24) is 0 Å². The van der Waals surface area contributed by atoms with Crippen molar-refractivity contribution >= 4 is 5.84 Å². The molecule has 0 amide bonds. The number of nitrogens with two attached hydrogens (primary N) is 1. The van der Waals surface area contributed by atoms with Gasteiger partial charge in [-0.25, -0.2) is 0 Å². The molecule has 0 fully saturated rings. The highest BCUT2D eigenvalue weighted by Gasteiger charge is 2.11. The molecule has 0 heterocycles. The average molecular weight is 220 g/mol. The molecule has 0 aliphatic rings. The van der Waals surface area contributed by atoms with Crippen LogP contribution in [0.25, 0.3) is 0 Å². The van der Waals surface area contributed by atoms with Crippen molar-refractivity contribution in [1.29, 1.82) is 0 Å². The number of nitrogens with zero attached hydrogens (tertiary/aromatic N) is 1. The number of benzene rings is 1. The van der Waals surface area contributed by atoms with Crippen molar-refractivity contribution in [3.63, 3.8) is 0 Å². The SMILES string of the molecule is C=CCc1ccccc1OC(C)/C(N)=N\O. The number of ether oxygens (including phenoxy) is 1. The van der Waals surface area contributed by atoms with Crippen LogP contribution in [-0.2, 0) is 6.42 Å². The molecule has 3 N–H and O–H groups in total. The van der Waals surface area contributed by atoms with E-state index in [1.807, 2.05) is 24.3 Å². The highest BCUT2D eigenvalue weighted by atomic mass is 16.5. The van der Waals surface area contributed by atoms with Crippen LogP contribution in [0.3, 0.4) is 0 Å². The summed E-state index contributed by atoms with van der Waals surface area (Å²) in [6.45, 7) is 5.41. The smallest absolute Gasteiger partial charge is 0.180 e. The van der Waals surface area contributed by atoms with Crippen molar-refractivity contribution in [2.45, 2.75) is 19.4 Å². The Morgan fingerprint density at radius 3 is 2.94 bits per heavy atom. The van der Waals surface area contributed by atoms with Gasteiger partial charge in [-0.2, -0.15) is 0 Å². The number of allylic oxidation sites excluding steroid dienone is 1. The molecule has 0 aromatic heterocycles. The minimum absolute atomic E-state index is 0.0495. The van der Waals surface area contributed by atoms with Gasteiger partial charge in [0.25, 0.3) is 0 Å². The second kappa shape index (κ2) is 5.80. The van der Waals surface area contributed by atoms with Gasteiger partial charge in [0.2, 0.25) is 0 Å². The average Bonchev–Trinajstić information content (AvgIpc) is 2.31. The zero-order valence-corrected chi connectivity index (χ0v) is 9.26. The van der Waals surface area contributed by atoms with Crippen molar-refractivity contribution in [3.05, 3.63) is 42.5 Å². The Labute approximate surface area is 95.0 Å². The molecule has 4 nitrogen and oxygen atoms in total. The van der Waals surface area contributed by atoms with Crippen LogP contribution in [0, 0.1) is 0 Å². The Balaban J connectivity index is 2.83. The van der Waals surface area contributed by atoms with Crippen LogP contribution in [0.15, 0.2) is 42.1 Å². The van der Waals surface area contributed by atoms with Crippen molar-refractivity contribution < 1.29 is 9.94 Å². The maximum absolute atomic E-state index is 8.52. The van der Waals surface area contributed by atoms with Gasteiger partial charge in [0, 0.05) is 0 Å². The predicted octanol–water partition coefficient (Wildman–Crippen LogP) is 1.93. The summed E-state index contributed by atoms with van der Waals surface area (Å²) in [4.78, 5) is 0. The quantitative estimate of drug-likeness (QED) is 0.262. The van der Waals surface area contributed by atoms with Crippen LogP contribution in [0.1, 0.15) is 12.5 Å². The van der Waals surface area contributed by atoms with Crippen LogP contribution in [-0.4, -0.2) is 17.1 Å². The number of hydrogen-bond acceptors (Lipinski definition) is 3. The van der Waals surface area contributed by atoms with E-state index in [0.29, 0.717) is 0 Å². The molecular weight excluding hydrogens is 204 g/mol. The third-order valence-electron chi connectivity index (χ3n) is 2.17. The largest absolute Gasteiger partial charge is 0.482 e. The van der Waals surface area contributed by atoms with Gasteiger partial charge in [-0.15, -0.1) is 6.58 Å². The molecule has 1 rings (SSSR count). The maximum Gasteiger partial charge on any atom is 0.180 e. The van der Waals surface area contributed by atoms with Crippen LogP contribution in [0.2, 0.25) is 0 Å². The van der Waals surface area contributed by atoms with E-state index >= 15 is 0 Å². The van der Waals surface area contributed by atoms with E-state index in [0.717, 1.165) is 17.7 Å². The summed E-state index contributed by atoms with van der Waals surface area (Å²) in [5.41, 5.74) is 6.47. The van der Waals surface area contributed by atoms with E-state index in [-0.39, 0.29) is 5.84 Å². The molecule has 16 heavy (non-hydrogen) atoms. The number of para-hydroxylation sites is 1. The molecule has 0 saturated carbocycles. The van der Waals surface area contributed by atoms with E-state index in [4.69, 9.17) is 15.7 Å². The van der Waals surface area contributed by atoms with Gasteiger partial charge >= 0.3 is 0 Å².